The number of piperidine rings is 1. The van der Waals surface area contributed by atoms with Crippen molar-refractivity contribution in [2.75, 3.05) is 13.1 Å². The number of nitriles is 1. The molecule has 0 radical (unpaired) electrons. The molecule has 1 aliphatic heterocycles. The fourth-order valence-corrected chi connectivity index (χ4v) is 3.10. The second-order valence-electron chi connectivity index (χ2n) is 6.46. The van der Waals surface area contributed by atoms with Gasteiger partial charge in [0.1, 0.15) is 0 Å². The molecule has 5 nitrogen and oxygen atoms in total. The van der Waals surface area contributed by atoms with Crippen LogP contribution in [0, 0.1) is 24.2 Å². The maximum Gasteiger partial charge on any atom is 0.318 e. The molecule has 1 atom stereocenters. The van der Waals surface area contributed by atoms with E-state index >= 15 is 0 Å². The molecule has 0 saturated carbocycles. The molecule has 1 aromatic heterocycles. The molecule has 2 aromatic rings. The highest BCUT2D eigenvalue weighted by Gasteiger charge is 2.25. The van der Waals surface area contributed by atoms with Gasteiger partial charge in [-0.2, -0.15) is 5.26 Å². The van der Waals surface area contributed by atoms with Gasteiger partial charge in [-0.3, -0.25) is 4.98 Å². The second-order valence-corrected chi connectivity index (χ2v) is 6.46. The number of aromatic nitrogens is 1. The van der Waals surface area contributed by atoms with Crippen molar-refractivity contribution in [3.05, 3.63) is 65.5 Å². The van der Waals surface area contributed by atoms with Crippen molar-refractivity contribution < 1.29 is 4.79 Å². The molecule has 2 amide bonds. The van der Waals surface area contributed by atoms with Gasteiger partial charge < -0.3 is 10.2 Å². The molecule has 128 valence electrons. The van der Waals surface area contributed by atoms with Crippen LogP contribution in [-0.2, 0) is 0 Å². The average Bonchev–Trinajstić information content (AvgIpc) is 2.67. The lowest BCUT2D eigenvalue weighted by atomic mass is 9.98. The van der Waals surface area contributed by atoms with Crippen LogP contribution in [0.25, 0.3) is 0 Å². The summed E-state index contributed by atoms with van der Waals surface area (Å²) in [6, 6.07) is 14.0. The molecule has 1 fully saturated rings. The summed E-state index contributed by atoms with van der Waals surface area (Å²) in [4.78, 5) is 18.6. The van der Waals surface area contributed by atoms with Crippen LogP contribution in [0.1, 0.15) is 35.6 Å². The maximum atomic E-state index is 12.7. The third-order valence-corrected chi connectivity index (χ3v) is 4.68. The largest absolute Gasteiger partial charge is 0.327 e. The number of likely N-dealkylation sites (tertiary alicyclic amines) is 1. The summed E-state index contributed by atoms with van der Waals surface area (Å²) >= 11 is 0. The van der Waals surface area contributed by atoms with Crippen molar-refractivity contribution in [2.45, 2.75) is 25.8 Å². The normalized spacial score (nSPS) is 16.1. The molecular weight excluding hydrogens is 312 g/mol. The van der Waals surface area contributed by atoms with Gasteiger partial charge in [0.2, 0.25) is 0 Å². The first-order valence-corrected chi connectivity index (χ1v) is 8.59. The SMILES string of the molecule is Cc1ccc([C@H](NC(=O)N2CCC(C#N)CC2)c2ccncc2)cc1. The first kappa shape index (κ1) is 17.0. The van der Waals surface area contributed by atoms with Crippen molar-refractivity contribution in [2.24, 2.45) is 5.92 Å². The van der Waals surface area contributed by atoms with Gasteiger partial charge in [0.05, 0.1) is 12.1 Å². The first-order chi connectivity index (χ1) is 12.2. The predicted octanol–water partition coefficient (Wildman–Crippen LogP) is 3.42. The highest BCUT2D eigenvalue weighted by molar-refractivity contribution is 5.75. The van der Waals surface area contributed by atoms with Gasteiger partial charge in [0, 0.05) is 31.4 Å². The van der Waals surface area contributed by atoms with Crippen LogP contribution >= 0.6 is 0 Å². The van der Waals surface area contributed by atoms with Gasteiger partial charge in [-0.25, -0.2) is 4.79 Å². The number of nitrogens with one attached hydrogen (secondary N) is 1. The van der Waals surface area contributed by atoms with Crippen molar-refractivity contribution in [3.8, 4) is 6.07 Å². The number of pyridine rings is 1. The Morgan fingerprint density at radius 1 is 1.16 bits per heavy atom. The molecule has 0 aliphatic carbocycles. The number of benzene rings is 1. The zero-order valence-corrected chi connectivity index (χ0v) is 14.4. The zero-order chi connectivity index (χ0) is 17.6. The monoisotopic (exact) mass is 334 g/mol. The van der Waals surface area contributed by atoms with Crippen LogP contribution in [0.2, 0.25) is 0 Å². The molecule has 1 aliphatic rings. The average molecular weight is 334 g/mol. The van der Waals surface area contributed by atoms with Gasteiger partial charge >= 0.3 is 6.03 Å². The fourth-order valence-electron chi connectivity index (χ4n) is 3.10. The molecule has 2 heterocycles. The lowest BCUT2D eigenvalue weighted by Gasteiger charge is -2.31. The number of urea groups is 1. The minimum absolute atomic E-state index is 0.0668. The number of carbonyl (C=O) groups is 1. The molecule has 0 unspecified atom stereocenters. The van der Waals surface area contributed by atoms with E-state index in [0.717, 1.165) is 24.0 Å². The summed E-state index contributed by atoms with van der Waals surface area (Å²) in [5.74, 6) is 0.0668. The number of hydrogen-bond donors (Lipinski definition) is 1. The van der Waals surface area contributed by atoms with Gasteiger partial charge in [-0.1, -0.05) is 29.8 Å². The van der Waals surface area contributed by atoms with Crippen molar-refractivity contribution in [3.63, 3.8) is 0 Å². The molecule has 1 saturated heterocycles. The number of nitrogens with zero attached hydrogens (tertiary/aromatic N) is 3. The molecule has 5 heteroatoms. The van der Waals surface area contributed by atoms with E-state index in [2.05, 4.69) is 16.4 Å². The van der Waals surface area contributed by atoms with Crippen molar-refractivity contribution in [1.29, 1.82) is 5.26 Å². The summed E-state index contributed by atoms with van der Waals surface area (Å²) in [6.07, 6.45) is 4.96. The molecule has 0 spiro atoms. The Hall–Kier alpha value is -2.87. The van der Waals surface area contributed by atoms with Gasteiger partial charge in [-0.05, 0) is 43.0 Å². The summed E-state index contributed by atoms with van der Waals surface area (Å²) in [7, 11) is 0. The number of hydrogen-bond acceptors (Lipinski definition) is 3. The summed E-state index contributed by atoms with van der Waals surface area (Å²) in [6.45, 7) is 3.30. The lowest BCUT2D eigenvalue weighted by Crippen LogP contribution is -2.45. The van der Waals surface area contributed by atoms with E-state index in [1.165, 1.54) is 5.56 Å². The Balaban J connectivity index is 1.77. The topological polar surface area (TPSA) is 69.0 Å². The minimum Gasteiger partial charge on any atom is -0.327 e. The number of carbonyl (C=O) groups excluding carboxylic acids is 1. The zero-order valence-electron chi connectivity index (χ0n) is 14.4. The first-order valence-electron chi connectivity index (χ1n) is 8.59. The third-order valence-electron chi connectivity index (χ3n) is 4.68. The van der Waals surface area contributed by atoms with E-state index in [4.69, 9.17) is 5.26 Å². The number of aryl methyl sites for hydroxylation is 1. The highest BCUT2D eigenvalue weighted by atomic mass is 16.2. The molecular formula is C20H22N4O. The molecule has 0 bridgehead atoms. The minimum atomic E-state index is -0.218. The highest BCUT2D eigenvalue weighted by Crippen LogP contribution is 2.23. The predicted molar refractivity (Wildman–Crippen MR) is 95.7 cm³/mol. The standard InChI is InChI=1S/C20H22N4O/c1-15-2-4-17(5-3-15)19(18-6-10-22-11-7-18)23-20(25)24-12-8-16(14-21)9-13-24/h2-7,10-11,16,19H,8-9,12-13H2,1H3,(H,23,25)/t19-/m0/s1. The lowest BCUT2D eigenvalue weighted by molar-refractivity contribution is 0.177. The Labute approximate surface area is 148 Å². The fraction of sp³-hybridized carbons (Fsp3) is 0.350. The molecule has 1 aromatic carbocycles. The van der Waals surface area contributed by atoms with Crippen LogP contribution in [0.3, 0.4) is 0 Å². The third kappa shape index (κ3) is 4.16. The molecule has 1 N–H and O–H groups in total. The van der Waals surface area contributed by atoms with Crippen LogP contribution in [0.15, 0.2) is 48.8 Å². The van der Waals surface area contributed by atoms with Crippen LogP contribution in [0.4, 0.5) is 4.79 Å². The summed E-state index contributed by atoms with van der Waals surface area (Å²) in [5.41, 5.74) is 3.22. The van der Waals surface area contributed by atoms with Gasteiger partial charge in [0.25, 0.3) is 0 Å². The van der Waals surface area contributed by atoms with Crippen molar-refractivity contribution in [1.82, 2.24) is 15.2 Å². The van der Waals surface area contributed by atoms with Gasteiger partial charge in [-0.15, -0.1) is 0 Å². The van der Waals surface area contributed by atoms with Crippen LogP contribution in [0.5, 0.6) is 0 Å². The molecule has 25 heavy (non-hydrogen) atoms. The van der Waals surface area contributed by atoms with E-state index in [9.17, 15) is 4.79 Å². The van der Waals surface area contributed by atoms with E-state index in [0.29, 0.717) is 13.1 Å². The van der Waals surface area contributed by atoms with Crippen molar-refractivity contribution >= 4 is 6.03 Å². The van der Waals surface area contributed by atoms with E-state index < -0.39 is 0 Å². The van der Waals surface area contributed by atoms with Crippen LogP contribution in [-0.4, -0.2) is 29.0 Å². The molecule has 3 rings (SSSR count). The number of amides is 2. The second kappa shape index (κ2) is 7.80. The number of rotatable bonds is 3. The Kier molecular flexibility index (Phi) is 5.30. The van der Waals surface area contributed by atoms with Gasteiger partial charge in [0.15, 0.2) is 0 Å². The quantitative estimate of drug-likeness (QED) is 0.935. The maximum absolute atomic E-state index is 12.7. The Bertz CT molecular complexity index is 744. The summed E-state index contributed by atoms with van der Waals surface area (Å²) in [5, 5.41) is 12.2. The van der Waals surface area contributed by atoms with Crippen LogP contribution < -0.4 is 5.32 Å². The Morgan fingerprint density at radius 3 is 2.36 bits per heavy atom. The van der Waals surface area contributed by atoms with E-state index in [1.54, 1.807) is 17.3 Å². The van der Waals surface area contributed by atoms with E-state index in [1.807, 2.05) is 43.3 Å². The smallest absolute Gasteiger partial charge is 0.318 e. The summed E-state index contributed by atoms with van der Waals surface area (Å²) < 4.78 is 0. The Morgan fingerprint density at radius 2 is 1.76 bits per heavy atom. The van der Waals surface area contributed by atoms with E-state index in [-0.39, 0.29) is 18.0 Å².